The lowest BCUT2D eigenvalue weighted by Crippen LogP contribution is -2.41. The van der Waals surface area contributed by atoms with E-state index in [1.54, 1.807) is 0 Å². The van der Waals surface area contributed by atoms with E-state index in [1.165, 1.54) is 0 Å². The molecule has 0 atom stereocenters. The molecule has 2 heterocycles. The van der Waals surface area contributed by atoms with Gasteiger partial charge in [0.25, 0.3) is 0 Å². The van der Waals surface area contributed by atoms with Gasteiger partial charge in [-0.25, -0.2) is 9.97 Å². The Morgan fingerprint density at radius 3 is 1.81 bits per heavy atom. The molecule has 5 heteroatoms. The van der Waals surface area contributed by atoms with Crippen LogP contribution < -0.4 is 5.46 Å². The summed E-state index contributed by atoms with van der Waals surface area (Å²) in [5.41, 5.74) is 5.94. The molecule has 0 unspecified atom stereocenters. The van der Waals surface area contributed by atoms with Gasteiger partial charge in [0.05, 0.1) is 22.4 Å². The maximum Gasteiger partial charge on any atom is 0.496 e. The molecule has 0 amide bonds. The van der Waals surface area contributed by atoms with E-state index in [4.69, 9.17) is 19.3 Å². The highest BCUT2D eigenvalue weighted by Gasteiger charge is 2.53. The first-order valence-electron chi connectivity index (χ1n) is 12.7. The molecule has 0 saturated carbocycles. The lowest BCUT2D eigenvalue weighted by Gasteiger charge is -2.32. The molecular formula is C32H29BN2O2. The summed E-state index contributed by atoms with van der Waals surface area (Å²) in [4.78, 5) is 10.1. The Bertz CT molecular complexity index is 1570. The zero-order chi connectivity index (χ0) is 25.6. The van der Waals surface area contributed by atoms with E-state index in [0.29, 0.717) is 5.82 Å². The largest absolute Gasteiger partial charge is 0.496 e. The van der Waals surface area contributed by atoms with Crippen molar-refractivity contribution >= 4 is 23.5 Å². The molecule has 4 aromatic carbocycles. The molecule has 37 heavy (non-hydrogen) atoms. The summed E-state index contributed by atoms with van der Waals surface area (Å²) in [6, 6.07) is 35.1. The summed E-state index contributed by atoms with van der Waals surface area (Å²) in [5, 5.41) is 0.991. The van der Waals surface area contributed by atoms with E-state index in [-0.39, 0.29) is 0 Å². The second kappa shape index (κ2) is 8.95. The standard InChI is InChI=1S/C32H29BN2O2/c1-31(2)32(3,4)37-33(36-31)28-24(22-14-7-5-8-15-22)19-13-20-26(28)29-25-18-11-12-21-27(25)34-30(35-29)23-16-9-6-10-17-23/h5-21H,1-4H3. The Hall–Kier alpha value is -3.80. The Morgan fingerprint density at radius 1 is 0.568 bits per heavy atom. The third kappa shape index (κ3) is 4.14. The van der Waals surface area contributed by atoms with Crippen LogP contribution in [-0.4, -0.2) is 28.3 Å². The van der Waals surface area contributed by atoms with Gasteiger partial charge in [0.15, 0.2) is 5.82 Å². The van der Waals surface area contributed by atoms with Crippen LogP contribution in [0.4, 0.5) is 0 Å². The van der Waals surface area contributed by atoms with E-state index >= 15 is 0 Å². The van der Waals surface area contributed by atoms with Crippen molar-refractivity contribution in [3.63, 3.8) is 0 Å². The Labute approximate surface area is 218 Å². The average Bonchev–Trinajstić information content (AvgIpc) is 3.14. The highest BCUT2D eigenvalue weighted by molar-refractivity contribution is 6.65. The van der Waals surface area contributed by atoms with Gasteiger partial charge in [-0.05, 0) is 50.4 Å². The molecule has 0 spiro atoms. The molecule has 0 bridgehead atoms. The molecule has 1 aliphatic rings. The fraction of sp³-hybridized carbons (Fsp3) is 0.188. The SMILES string of the molecule is CC1(C)OB(c2c(-c3ccccc3)cccc2-c2nc(-c3ccccc3)nc3ccccc23)OC1(C)C. The van der Waals surface area contributed by atoms with E-state index in [2.05, 4.69) is 76.2 Å². The molecule has 1 aromatic heterocycles. The van der Waals surface area contributed by atoms with Crippen molar-refractivity contribution in [3.8, 4) is 33.8 Å². The van der Waals surface area contributed by atoms with Gasteiger partial charge in [-0.2, -0.15) is 0 Å². The van der Waals surface area contributed by atoms with Gasteiger partial charge in [0, 0.05) is 16.5 Å². The van der Waals surface area contributed by atoms with Crippen LogP contribution in [0.1, 0.15) is 27.7 Å². The quantitative estimate of drug-likeness (QED) is 0.260. The zero-order valence-corrected chi connectivity index (χ0v) is 21.6. The van der Waals surface area contributed by atoms with Crippen molar-refractivity contribution in [1.29, 1.82) is 0 Å². The number of nitrogens with zero attached hydrogens (tertiary/aromatic N) is 2. The van der Waals surface area contributed by atoms with Crippen LogP contribution in [0.15, 0.2) is 103 Å². The Morgan fingerprint density at radius 2 is 1.14 bits per heavy atom. The van der Waals surface area contributed by atoms with Crippen LogP contribution in [0.5, 0.6) is 0 Å². The van der Waals surface area contributed by atoms with E-state index in [1.807, 2.05) is 54.6 Å². The number of fused-ring (bicyclic) bond motifs is 1. The predicted molar refractivity (Wildman–Crippen MR) is 152 cm³/mol. The maximum atomic E-state index is 6.64. The van der Waals surface area contributed by atoms with Gasteiger partial charge in [0.1, 0.15) is 0 Å². The van der Waals surface area contributed by atoms with Crippen molar-refractivity contribution < 1.29 is 9.31 Å². The summed E-state index contributed by atoms with van der Waals surface area (Å²) in [6.07, 6.45) is 0. The minimum Gasteiger partial charge on any atom is -0.399 e. The van der Waals surface area contributed by atoms with Crippen LogP contribution in [-0.2, 0) is 9.31 Å². The van der Waals surface area contributed by atoms with Crippen molar-refractivity contribution in [2.45, 2.75) is 38.9 Å². The number of para-hydroxylation sites is 1. The molecular weight excluding hydrogens is 455 g/mol. The molecule has 1 fully saturated rings. The summed E-state index contributed by atoms with van der Waals surface area (Å²) < 4.78 is 13.3. The molecule has 1 aliphatic heterocycles. The fourth-order valence-electron chi connectivity index (χ4n) is 4.85. The molecule has 4 nitrogen and oxygen atoms in total. The molecule has 0 radical (unpaired) electrons. The average molecular weight is 484 g/mol. The van der Waals surface area contributed by atoms with Gasteiger partial charge >= 0.3 is 7.12 Å². The number of hydrogen-bond acceptors (Lipinski definition) is 4. The molecule has 6 rings (SSSR count). The first kappa shape index (κ1) is 23.6. The van der Waals surface area contributed by atoms with Crippen molar-refractivity contribution in [2.75, 3.05) is 0 Å². The number of aromatic nitrogens is 2. The van der Waals surface area contributed by atoms with E-state index in [0.717, 1.165) is 44.3 Å². The monoisotopic (exact) mass is 484 g/mol. The fourth-order valence-corrected chi connectivity index (χ4v) is 4.85. The van der Waals surface area contributed by atoms with Gasteiger partial charge in [-0.3, -0.25) is 0 Å². The molecule has 0 N–H and O–H groups in total. The van der Waals surface area contributed by atoms with Gasteiger partial charge < -0.3 is 9.31 Å². The van der Waals surface area contributed by atoms with Crippen LogP contribution in [0.25, 0.3) is 44.7 Å². The van der Waals surface area contributed by atoms with Crippen LogP contribution in [0.2, 0.25) is 0 Å². The minimum absolute atomic E-state index is 0.471. The molecule has 5 aromatic rings. The van der Waals surface area contributed by atoms with Gasteiger partial charge in [-0.15, -0.1) is 0 Å². The van der Waals surface area contributed by atoms with Gasteiger partial charge in [-0.1, -0.05) is 97.1 Å². The van der Waals surface area contributed by atoms with Gasteiger partial charge in [0.2, 0.25) is 0 Å². The first-order valence-corrected chi connectivity index (χ1v) is 12.7. The van der Waals surface area contributed by atoms with Crippen LogP contribution in [0.3, 0.4) is 0 Å². The van der Waals surface area contributed by atoms with E-state index < -0.39 is 18.3 Å². The van der Waals surface area contributed by atoms with Crippen LogP contribution in [0, 0.1) is 0 Å². The van der Waals surface area contributed by atoms with Crippen molar-refractivity contribution in [1.82, 2.24) is 9.97 Å². The number of hydrogen-bond donors (Lipinski definition) is 0. The van der Waals surface area contributed by atoms with E-state index in [9.17, 15) is 0 Å². The highest BCUT2D eigenvalue weighted by atomic mass is 16.7. The van der Waals surface area contributed by atoms with Crippen molar-refractivity contribution in [3.05, 3.63) is 103 Å². The second-order valence-electron chi connectivity index (χ2n) is 10.5. The smallest absolute Gasteiger partial charge is 0.399 e. The molecule has 182 valence electrons. The second-order valence-corrected chi connectivity index (χ2v) is 10.5. The summed E-state index contributed by atoms with van der Waals surface area (Å²) >= 11 is 0. The maximum absolute atomic E-state index is 6.64. The molecule has 1 saturated heterocycles. The Balaban J connectivity index is 1.65. The lowest BCUT2D eigenvalue weighted by atomic mass is 9.70. The Kier molecular flexibility index (Phi) is 5.71. The third-order valence-corrected chi connectivity index (χ3v) is 7.57. The summed E-state index contributed by atoms with van der Waals surface area (Å²) in [6.45, 7) is 8.35. The summed E-state index contributed by atoms with van der Waals surface area (Å²) in [7, 11) is -0.551. The normalized spacial score (nSPS) is 16.3. The first-order chi connectivity index (χ1) is 17.8. The van der Waals surface area contributed by atoms with Crippen LogP contribution >= 0.6 is 0 Å². The summed E-state index contributed by atoms with van der Waals surface area (Å²) in [5.74, 6) is 0.694. The van der Waals surface area contributed by atoms with Crippen molar-refractivity contribution in [2.24, 2.45) is 0 Å². The number of rotatable bonds is 4. The minimum atomic E-state index is -0.551. The predicted octanol–water partition coefficient (Wildman–Crippen LogP) is 6.93. The topological polar surface area (TPSA) is 44.2 Å². The molecule has 0 aliphatic carbocycles. The lowest BCUT2D eigenvalue weighted by molar-refractivity contribution is 0.00578. The zero-order valence-electron chi connectivity index (χ0n) is 21.6. The highest BCUT2D eigenvalue weighted by Crippen LogP contribution is 2.39. The third-order valence-electron chi connectivity index (χ3n) is 7.57. The number of benzene rings is 4.